The predicted molar refractivity (Wildman–Crippen MR) is 13.3 cm³/mol. The van der Waals surface area contributed by atoms with E-state index in [1.54, 1.807) is 0 Å². The van der Waals surface area contributed by atoms with Gasteiger partial charge < -0.3 is 41.9 Å². The van der Waals surface area contributed by atoms with Crippen LogP contribution in [0.15, 0.2) is 0 Å². The van der Waals surface area contributed by atoms with Crippen molar-refractivity contribution in [3.8, 4) is 0 Å². The van der Waals surface area contributed by atoms with Gasteiger partial charge in [-0.05, 0) is 0 Å². The van der Waals surface area contributed by atoms with Crippen LogP contribution in [-0.4, -0.2) is 0 Å². The minimum atomic E-state index is 0. The second kappa shape index (κ2) is 90.0. The molecule has 0 aliphatic heterocycles. The van der Waals surface area contributed by atoms with E-state index in [9.17, 15) is 0 Å². The van der Waals surface area contributed by atoms with Crippen LogP contribution in [0.2, 0.25) is 0 Å². The van der Waals surface area contributed by atoms with Crippen molar-refractivity contribution >= 4 is 0 Å². The maximum atomic E-state index is 0. The average molecular weight is 494 g/mol. The smallest absolute Gasteiger partial charge is 1.00 e. The number of hydrogen-bond donors (Lipinski definition) is 0. The van der Waals surface area contributed by atoms with E-state index < -0.39 is 0 Å². The zero-order valence-electron chi connectivity index (χ0n) is 15.0. The van der Waals surface area contributed by atoms with Crippen LogP contribution in [0.5, 0.6) is 0 Å². The fourth-order valence-corrected chi connectivity index (χ4v) is 0. The molecule has 96 valence electrons. The van der Waals surface area contributed by atoms with E-state index in [-0.39, 0.29) is 157 Å². The molecule has 0 atom stereocenters. The fraction of sp³-hybridized carbons (Fsp3) is 0. The third kappa shape index (κ3) is 74.4. The van der Waals surface area contributed by atoms with Gasteiger partial charge >= 0.3 is 115 Å². The van der Waals surface area contributed by atoms with Crippen LogP contribution in [0.4, 0.5) is 0 Å². The minimum Gasteiger partial charge on any atom is -1.00 e. The second-order valence-electron chi connectivity index (χ2n) is 0. The Balaban J connectivity index is 0. The average Bonchev–Trinajstić information content (AvgIpc) is 0. The molecule has 0 amide bonds. The van der Waals surface area contributed by atoms with Crippen LogP contribution in [0.1, 0.15) is 17.1 Å². The number of halogens is 2. The first-order chi connectivity index (χ1) is 0. The first-order valence-corrected chi connectivity index (χ1v) is 0. The van der Waals surface area contributed by atoms with Crippen LogP contribution in [-0.2, 0) is 115 Å². The van der Waals surface area contributed by atoms with Crippen molar-refractivity contribution in [1.29, 1.82) is 0 Å². The molecule has 0 radical (unpaired) electrons. The zero-order chi connectivity index (χ0) is 0. The third-order valence-electron chi connectivity index (χ3n) is 0. The first kappa shape index (κ1) is 116. The molecule has 0 bridgehead atoms. The molecule has 0 aliphatic rings. The summed E-state index contributed by atoms with van der Waals surface area (Å²) in [6, 6.07) is 0. The molecule has 0 aromatic rings. The Morgan fingerprint density at radius 2 is 0.333 bits per heavy atom. The van der Waals surface area contributed by atoms with E-state index in [1.165, 1.54) is 0 Å². The summed E-state index contributed by atoms with van der Waals surface area (Å²) in [6.45, 7) is 0. The second-order valence-corrected chi connectivity index (χ2v) is 0. The van der Waals surface area contributed by atoms with E-state index in [0.717, 1.165) is 0 Å². The molecule has 0 aromatic heterocycles. The van der Waals surface area contributed by atoms with Gasteiger partial charge in [0.25, 0.3) is 0 Å². The topological polar surface area (TPSA) is 0 Å². The van der Waals surface area contributed by atoms with Crippen molar-refractivity contribution in [2.24, 2.45) is 0 Å². The molecule has 0 unspecified atom stereocenters. The molecule has 9 heteroatoms. The van der Waals surface area contributed by atoms with Crippen molar-refractivity contribution in [3.63, 3.8) is 0 Å². The number of hydrogen-bond acceptors (Lipinski definition) is 0. The SMILES string of the molecule is [Cl-].[Cl-].[H-].[H-].[H-].[H-].[H-].[H-].[H-].[H-].[H-].[H-].[H-].[H-].[Ni+2].[Ni+2].[Ni+2].[Ni+2].[Ni+2].[Ni+2].[Ni+2]. The maximum Gasteiger partial charge on any atom is 2.00 e. The van der Waals surface area contributed by atoms with Crippen molar-refractivity contribution in [2.45, 2.75) is 0 Å². The van der Waals surface area contributed by atoms with Gasteiger partial charge in [0.1, 0.15) is 0 Å². The Labute approximate surface area is 156 Å². The van der Waals surface area contributed by atoms with Crippen molar-refractivity contribution < 1.29 is 157 Å². The molecule has 0 saturated heterocycles. The summed E-state index contributed by atoms with van der Waals surface area (Å²) in [6.07, 6.45) is 0. The molecular weight excluding hydrogens is 482 g/mol. The molecule has 0 rings (SSSR count). The van der Waals surface area contributed by atoms with Gasteiger partial charge in [0.15, 0.2) is 0 Å². The standard InChI is InChI=1S/2ClH.7Ni.12H/h2*1H;;;;;;;;;;;;;;;;;;;/q;;7*+2;12*-1/p-2. The Kier molecular flexibility index (Phi) is 1160. The van der Waals surface area contributed by atoms with Crippen LogP contribution in [0.3, 0.4) is 0 Å². The monoisotopic (exact) mass is 488 g/mol. The van der Waals surface area contributed by atoms with Gasteiger partial charge in [0, 0.05) is 0 Å². The molecule has 9 heavy (non-hydrogen) atoms. The van der Waals surface area contributed by atoms with Crippen molar-refractivity contribution in [1.82, 2.24) is 0 Å². The summed E-state index contributed by atoms with van der Waals surface area (Å²) in [5.74, 6) is 0. The third-order valence-corrected chi connectivity index (χ3v) is 0. The van der Waals surface area contributed by atoms with Crippen molar-refractivity contribution in [3.05, 3.63) is 0 Å². The zero-order valence-corrected chi connectivity index (χ0v) is 11.4. The molecule has 0 N–H and O–H groups in total. The maximum absolute atomic E-state index is 0. The normalized spacial score (nSPS) is 0. The Bertz CT molecular complexity index is 27.6. The van der Waals surface area contributed by atoms with Gasteiger partial charge in [0.2, 0.25) is 0 Å². The summed E-state index contributed by atoms with van der Waals surface area (Å²) in [5.41, 5.74) is 0. The predicted octanol–water partition coefficient (Wildman–Crippen LogP) is -4.66. The fourth-order valence-electron chi connectivity index (χ4n) is 0. The Morgan fingerprint density at radius 1 is 0.333 bits per heavy atom. The molecule has 0 aliphatic carbocycles. The molecular formula is H12Cl2Ni7. The van der Waals surface area contributed by atoms with Gasteiger partial charge in [0.05, 0.1) is 0 Å². The molecule has 0 nitrogen and oxygen atoms in total. The summed E-state index contributed by atoms with van der Waals surface area (Å²) in [4.78, 5) is 0. The van der Waals surface area contributed by atoms with Gasteiger partial charge in [-0.2, -0.15) is 0 Å². The first-order valence-electron chi connectivity index (χ1n) is 0. The summed E-state index contributed by atoms with van der Waals surface area (Å²) < 4.78 is 0. The van der Waals surface area contributed by atoms with Crippen LogP contribution in [0.25, 0.3) is 0 Å². The summed E-state index contributed by atoms with van der Waals surface area (Å²) in [5, 5.41) is 0. The van der Waals surface area contributed by atoms with Gasteiger partial charge in [-0.1, -0.05) is 0 Å². The van der Waals surface area contributed by atoms with Gasteiger partial charge in [-0.15, -0.1) is 0 Å². The molecule has 0 fully saturated rings. The molecule has 0 saturated carbocycles. The van der Waals surface area contributed by atoms with E-state index in [2.05, 4.69) is 0 Å². The van der Waals surface area contributed by atoms with Gasteiger partial charge in [-0.25, -0.2) is 0 Å². The van der Waals surface area contributed by atoms with Crippen LogP contribution in [0, 0.1) is 0 Å². The van der Waals surface area contributed by atoms with E-state index in [0.29, 0.717) is 0 Å². The number of rotatable bonds is 0. The van der Waals surface area contributed by atoms with Crippen LogP contribution < -0.4 is 24.8 Å². The Hall–Kier alpha value is 4.03. The van der Waals surface area contributed by atoms with E-state index in [4.69, 9.17) is 0 Å². The van der Waals surface area contributed by atoms with Crippen LogP contribution >= 0.6 is 0 Å². The Morgan fingerprint density at radius 3 is 0.333 bits per heavy atom. The molecule has 0 spiro atoms. The van der Waals surface area contributed by atoms with Gasteiger partial charge in [-0.3, -0.25) is 0 Å². The molecule has 0 heterocycles. The van der Waals surface area contributed by atoms with E-state index in [1.807, 2.05) is 0 Å². The van der Waals surface area contributed by atoms with Crippen molar-refractivity contribution in [2.75, 3.05) is 0 Å². The summed E-state index contributed by atoms with van der Waals surface area (Å²) in [7, 11) is 0. The largest absolute Gasteiger partial charge is 2.00 e. The minimum absolute atomic E-state index is 0. The van der Waals surface area contributed by atoms with E-state index >= 15 is 0 Å². The quantitative estimate of drug-likeness (QED) is 0.298. The summed E-state index contributed by atoms with van der Waals surface area (Å²) >= 11 is 0. The molecule has 0 aromatic carbocycles.